The number of nitrogens with zero attached hydrogens (tertiary/aromatic N) is 3. The summed E-state index contributed by atoms with van der Waals surface area (Å²) in [6.07, 6.45) is -3.23. The standard InChI is InChI=1S/C7H9F3N4/c8-7(9,10)4-2-1-3-5-12-6(11)13-14(4)5/h4H,1-3H2,(H2,11,13). The number of fused-ring (bicyclic) bond motifs is 1. The smallest absolute Gasteiger partial charge is 0.366 e. The van der Waals surface area contributed by atoms with Crippen molar-refractivity contribution in [3.8, 4) is 0 Å². The molecule has 0 aromatic carbocycles. The number of aryl methyl sites for hydroxylation is 1. The van der Waals surface area contributed by atoms with E-state index in [-0.39, 0.29) is 12.4 Å². The van der Waals surface area contributed by atoms with Gasteiger partial charge in [0, 0.05) is 6.42 Å². The molecule has 1 aromatic rings. The second kappa shape index (κ2) is 2.86. The molecule has 0 saturated heterocycles. The van der Waals surface area contributed by atoms with E-state index in [1.54, 1.807) is 0 Å². The number of alkyl halides is 3. The van der Waals surface area contributed by atoms with E-state index in [9.17, 15) is 13.2 Å². The Morgan fingerprint density at radius 2 is 2.14 bits per heavy atom. The maximum Gasteiger partial charge on any atom is 0.410 e. The zero-order chi connectivity index (χ0) is 10.3. The first-order valence-corrected chi connectivity index (χ1v) is 4.26. The SMILES string of the molecule is Nc1nc2n(n1)C(C(F)(F)F)CCC2. The summed E-state index contributed by atoms with van der Waals surface area (Å²) in [5, 5.41) is 3.56. The molecule has 4 nitrogen and oxygen atoms in total. The van der Waals surface area contributed by atoms with Crippen LogP contribution in [0, 0.1) is 0 Å². The van der Waals surface area contributed by atoms with Crippen molar-refractivity contribution in [3.63, 3.8) is 0 Å². The first-order chi connectivity index (χ1) is 6.48. The molecule has 1 unspecified atom stereocenters. The second-order valence-electron chi connectivity index (χ2n) is 3.28. The molecule has 2 heterocycles. The molecule has 0 amide bonds. The molecule has 0 radical (unpaired) electrons. The normalized spacial score (nSPS) is 22.1. The molecule has 1 atom stereocenters. The number of aromatic nitrogens is 3. The molecular weight excluding hydrogens is 197 g/mol. The summed E-state index contributed by atoms with van der Waals surface area (Å²) in [6, 6.07) is -1.56. The molecule has 0 saturated carbocycles. The molecule has 0 spiro atoms. The third-order valence-corrected chi connectivity index (χ3v) is 2.27. The van der Waals surface area contributed by atoms with Crippen LogP contribution in [0.2, 0.25) is 0 Å². The Hall–Kier alpha value is -1.27. The number of nitrogen functional groups attached to an aromatic ring is 1. The van der Waals surface area contributed by atoms with Crippen LogP contribution >= 0.6 is 0 Å². The van der Waals surface area contributed by atoms with Gasteiger partial charge in [0.25, 0.3) is 0 Å². The van der Waals surface area contributed by atoms with Crippen molar-refractivity contribution in [2.45, 2.75) is 31.5 Å². The average molecular weight is 206 g/mol. The van der Waals surface area contributed by atoms with Crippen molar-refractivity contribution in [1.29, 1.82) is 0 Å². The molecule has 0 fully saturated rings. The van der Waals surface area contributed by atoms with Crippen LogP contribution in [-0.4, -0.2) is 20.9 Å². The zero-order valence-corrected chi connectivity index (χ0v) is 7.25. The van der Waals surface area contributed by atoms with E-state index >= 15 is 0 Å². The van der Waals surface area contributed by atoms with E-state index in [0.717, 1.165) is 4.68 Å². The highest BCUT2D eigenvalue weighted by Gasteiger charge is 2.44. The first kappa shape index (κ1) is 9.29. The van der Waals surface area contributed by atoms with Gasteiger partial charge in [-0.2, -0.15) is 18.2 Å². The van der Waals surface area contributed by atoms with Gasteiger partial charge in [-0.1, -0.05) is 0 Å². The fraction of sp³-hybridized carbons (Fsp3) is 0.714. The van der Waals surface area contributed by atoms with Gasteiger partial charge in [-0.05, 0) is 12.8 Å². The highest BCUT2D eigenvalue weighted by molar-refractivity contribution is 5.15. The van der Waals surface area contributed by atoms with Gasteiger partial charge in [0.2, 0.25) is 5.95 Å². The monoisotopic (exact) mass is 206 g/mol. The number of hydrogen-bond acceptors (Lipinski definition) is 3. The fourth-order valence-corrected chi connectivity index (χ4v) is 1.67. The fourth-order valence-electron chi connectivity index (χ4n) is 1.67. The third kappa shape index (κ3) is 1.42. The van der Waals surface area contributed by atoms with Crippen LogP contribution in [0.1, 0.15) is 24.7 Å². The number of hydrogen-bond donors (Lipinski definition) is 1. The summed E-state index contributed by atoms with van der Waals surface area (Å²) < 4.78 is 38.4. The van der Waals surface area contributed by atoms with Crippen molar-refractivity contribution in [3.05, 3.63) is 5.82 Å². The highest BCUT2D eigenvalue weighted by atomic mass is 19.4. The van der Waals surface area contributed by atoms with Crippen LogP contribution in [0.15, 0.2) is 0 Å². The van der Waals surface area contributed by atoms with Crippen molar-refractivity contribution >= 4 is 5.95 Å². The molecule has 7 heteroatoms. The van der Waals surface area contributed by atoms with Crippen molar-refractivity contribution < 1.29 is 13.2 Å². The van der Waals surface area contributed by atoms with Crippen LogP contribution in [0.5, 0.6) is 0 Å². The van der Waals surface area contributed by atoms with Gasteiger partial charge < -0.3 is 5.73 Å². The molecule has 1 aromatic heterocycles. The van der Waals surface area contributed by atoms with Gasteiger partial charge >= 0.3 is 6.18 Å². The highest BCUT2D eigenvalue weighted by Crippen LogP contribution is 2.37. The molecule has 0 bridgehead atoms. The van der Waals surface area contributed by atoms with Crippen molar-refractivity contribution in [1.82, 2.24) is 14.8 Å². The Kier molecular flexibility index (Phi) is 1.90. The van der Waals surface area contributed by atoms with Crippen LogP contribution in [-0.2, 0) is 6.42 Å². The van der Waals surface area contributed by atoms with Crippen LogP contribution in [0.25, 0.3) is 0 Å². The molecule has 0 aliphatic carbocycles. The lowest BCUT2D eigenvalue weighted by atomic mass is 10.1. The third-order valence-electron chi connectivity index (χ3n) is 2.27. The van der Waals surface area contributed by atoms with Crippen LogP contribution in [0.4, 0.5) is 19.1 Å². The molecule has 14 heavy (non-hydrogen) atoms. The summed E-state index contributed by atoms with van der Waals surface area (Å²) in [5.74, 6) is 0.243. The van der Waals surface area contributed by atoms with Gasteiger partial charge in [0.1, 0.15) is 11.9 Å². The minimum absolute atomic E-state index is 0.0549. The Morgan fingerprint density at radius 3 is 2.79 bits per heavy atom. The lowest BCUT2D eigenvalue weighted by molar-refractivity contribution is -0.174. The molecular formula is C7H9F3N4. The predicted octanol–water partition coefficient (Wildman–Crippen LogP) is 1.30. The summed E-state index contributed by atoms with van der Waals surface area (Å²) in [7, 11) is 0. The van der Waals surface area contributed by atoms with E-state index in [4.69, 9.17) is 5.73 Å². The summed E-state index contributed by atoms with van der Waals surface area (Å²) in [6.45, 7) is 0. The van der Waals surface area contributed by atoms with E-state index in [0.29, 0.717) is 18.7 Å². The summed E-state index contributed by atoms with van der Waals surface area (Å²) in [4.78, 5) is 3.74. The van der Waals surface area contributed by atoms with Crippen LogP contribution < -0.4 is 5.73 Å². The number of halogens is 3. The van der Waals surface area contributed by atoms with Crippen molar-refractivity contribution in [2.24, 2.45) is 0 Å². The van der Waals surface area contributed by atoms with Gasteiger partial charge in [0.05, 0.1) is 0 Å². The van der Waals surface area contributed by atoms with Gasteiger partial charge in [-0.15, -0.1) is 5.10 Å². The minimum Gasteiger partial charge on any atom is -0.366 e. The predicted molar refractivity (Wildman–Crippen MR) is 42.5 cm³/mol. The summed E-state index contributed by atoms with van der Waals surface area (Å²) >= 11 is 0. The van der Waals surface area contributed by atoms with Gasteiger partial charge in [-0.3, -0.25) is 0 Å². The van der Waals surface area contributed by atoms with E-state index in [1.807, 2.05) is 0 Å². The first-order valence-electron chi connectivity index (χ1n) is 4.26. The van der Waals surface area contributed by atoms with Gasteiger partial charge in [-0.25, -0.2) is 4.68 Å². The second-order valence-corrected chi connectivity index (χ2v) is 3.28. The lowest BCUT2D eigenvalue weighted by Crippen LogP contribution is -2.31. The molecule has 2 N–H and O–H groups in total. The Labute approximate surface area is 77.9 Å². The Morgan fingerprint density at radius 1 is 1.43 bits per heavy atom. The molecule has 78 valence electrons. The number of anilines is 1. The van der Waals surface area contributed by atoms with E-state index in [1.165, 1.54) is 0 Å². The largest absolute Gasteiger partial charge is 0.410 e. The zero-order valence-electron chi connectivity index (χ0n) is 7.25. The van der Waals surface area contributed by atoms with E-state index < -0.39 is 12.2 Å². The quantitative estimate of drug-likeness (QED) is 0.696. The maximum atomic E-state index is 12.5. The minimum atomic E-state index is -4.27. The maximum absolute atomic E-state index is 12.5. The van der Waals surface area contributed by atoms with Crippen molar-refractivity contribution in [2.75, 3.05) is 5.73 Å². The number of rotatable bonds is 0. The molecule has 2 rings (SSSR count). The number of nitrogens with two attached hydrogens (primary N) is 1. The average Bonchev–Trinajstić information content (AvgIpc) is 2.41. The van der Waals surface area contributed by atoms with Crippen LogP contribution in [0.3, 0.4) is 0 Å². The Bertz CT molecular complexity index is 343. The topological polar surface area (TPSA) is 56.7 Å². The molecule has 1 aliphatic heterocycles. The van der Waals surface area contributed by atoms with Gasteiger partial charge in [0.15, 0.2) is 0 Å². The lowest BCUT2D eigenvalue weighted by Gasteiger charge is -2.25. The summed E-state index contributed by atoms with van der Waals surface area (Å²) in [5.41, 5.74) is 5.25. The van der Waals surface area contributed by atoms with E-state index in [2.05, 4.69) is 10.1 Å². The Balaban J connectivity index is 2.40. The molecule has 1 aliphatic rings.